The van der Waals surface area contributed by atoms with E-state index < -0.39 is 24.3 Å². The molecule has 7 heteroatoms. The topological polar surface area (TPSA) is 18.5 Å². The number of alkyl halides is 3. The highest BCUT2D eigenvalue weighted by atomic mass is 19.4. The van der Waals surface area contributed by atoms with Gasteiger partial charge in [0.15, 0.2) is 18.2 Å². The Hall–Kier alpha value is -3.61. The summed E-state index contributed by atoms with van der Waals surface area (Å²) in [6.07, 6.45) is 1.18. The fourth-order valence-corrected chi connectivity index (χ4v) is 4.57. The molecule has 0 aliphatic carbocycles. The van der Waals surface area contributed by atoms with Crippen LogP contribution in [0.4, 0.5) is 22.0 Å². The summed E-state index contributed by atoms with van der Waals surface area (Å²) in [5.74, 6) is -0.768. The summed E-state index contributed by atoms with van der Waals surface area (Å²) in [5.41, 5.74) is 3.36. The van der Waals surface area contributed by atoms with Gasteiger partial charge in [-0.3, -0.25) is 0 Å². The van der Waals surface area contributed by atoms with Crippen LogP contribution in [-0.4, -0.2) is 19.4 Å². The lowest BCUT2D eigenvalue weighted by molar-refractivity contribution is -0.153. The number of hydrogen-bond donors (Lipinski definition) is 0. The Bertz CT molecular complexity index is 1400. The first-order chi connectivity index (χ1) is 19.2. The lowest BCUT2D eigenvalue weighted by atomic mass is 9.97. The molecule has 2 nitrogen and oxygen atoms in total. The van der Waals surface area contributed by atoms with Gasteiger partial charge in [-0.25, -0.2) is 8.78 Å². The van der Waals surface area contributed by atoms with E-state index >= 15 is 4.39 Å². The average molecular weight is 557 g/mol. The Morgan fingerprint density at radius 3 is 2.08 bits per heavy atom. The van der Waals surface area contributed by atoms with Crippen molar-refractivity contribution in [1.29, 1.82) is 0 Å². The SMILES string of the molecule is CCCCCOc1ccc(CCc2ccc3c(F)c(CCc4ccc(OCC(F)(F)F)c(F)c4)ccc3c2)cc1. The summed E-state index contributed by atoms with van der Waals surface area (Å²) in [4.78, 5) is 0. The van der Waals surface area contributed by atoms with E-state index in [4.69, 9.17) is 4.74 Å². The lowest BCUT2D eigenvalue weighted by Gasteiger charge is -2.11. The third-order valence-electron chi connectivity index (χ3n) is 6.81. The molecule has 0 radical (unpaired) electrons. The van der Waals surface area contributed by atoms with Gasteiger partial charge in [0.25, 0.3) is 0 Å². The molecular weight excluding hydrogens is 523 g/mol. The second-order valence-electron chi connectivity index (χ2n) is 9.96. The molecule has 0 aromatic heterocycles. The zero-order valence-corrected chi connectivity index (χ0v) is 22.5. The van der Waals surface area contributed by atoms with Gasteiger partial charge in [-0.15, -0.1) is 0 Å². The first-order valence-electron chi connectivity index (χ1n) is 13.6. The molecule has 4 aromatic rings. The third-order valence-corrected chi connectivity index (χ3v) is 6.81. The molecule has 0 aliphatic rings. The maximum Gasteiger partial charge on any atom is 0.422 e. The number of unbranched alkanes of at least 4 members (excludes halogenated alkanes) is 2. The molecule has 0 fully saturated rings. The van der Waals surface area contributed by atoms with Crippen LogP contribution in [0.25, 0.3) is 10.8 Å². The molecular formula is C33H33F5O2. The summed E-state index contributed by atoms with van der Waals surface area (Å²) < 4.78 is 76.6. The normalized spacial score (nSPS) is 11.7. The van der Waals surface area contributed by atoms with Crippen molar-refractivity contribution < 1.29 is 31.4 Å². The van der Waals surface area contributed by atoms with Crippen LogP contribution in [0.1, 0.15) is 48.4 Å². The van der Waals surface area contributed by atoms with E-state index in [9.17, 15) is 17.6 Å². The molecule has 40 heavy (non-hydrogen) atoms. The van der Waals surface area contributed by atoms with E-state index in [1.54, 1.807) is 12.1 Å². The van der Waals surface area contributed by atoms with Crippen molar-refractivity contribution in [3.05, 3.63) is 107 Å². The van der Waals surface area contributed by atoms with E-state index in [0.29, 0.717) is 29.4 Å². The van der Waals surface area contributed by atoms with Crippen LogP contribution in [0, 0.1) is 11.6 Å². The summed E-state index contributed by atoms with van der Waals surface area (Å²) in [5, 5.41) is 1.33. The Labute approximate surface area is 231 Å². The van der Waals surface area contributed by atoms with Gasteiger partial charge < -0.3 is 9.47 Å². The van der Waals surface area contributed by atoms with Crippen LogP contribution in [0.3, 0.4) is 0 Å². The summed E-state index contributed by atoms with van der Waals surface area (Å²) >= 11 is 0. The molecule has 0 heterocycles. The van der Waals surface area contributed by atoms with Gasteiger partial charge in [-0.05, 0) is 84.0 Å². The van der Waals surface area contributed by atoms with Crippen LogP contribution in [0.5, 0.6) is 11.5 Å². The Morgan fingerprint density at radius 2 is 1.35 bits per heavy atom. The Kier molecular flexibility index (Phi) is 10.0. The van der Waals surface area contributed by atoms with Crippen molar-refractivity contribution in [2.24, 2.45) is 0 Å². The van der Waals surface area contributed by atoms with Crippen molar-refractivity contribution in [2.45, 2.75) is 58.0 Å². The molecule has 0 unspecified atom stereocenters. The second kappa shape index (κ2) is 13.6. The summed E-state index contributed by atoms with van der Waals surface area (Å²) in [6.45, 7) is 1.34. The molecule has 0 bridgehead atoms. The summed E-state index contributed by atoms with van der Waals surface area (Å²) in [6, 6.07) is 21.3. The van der Waals surface area contributed by atoms with Gasteiger partial charge >= 0.3 is 6.18 Å². The van der Waals surface area contributed by atoms with E-state index in [-0.39, 0.29) is 5.82 Å². The molecule has 0 N–H and O–H groups in total. The number of aryl methyl sites for hydroxylation is 4. The van der Waals surface area contributed by atoms with E-state index in [2.05, 4.69) is 23.8 Å². The standard InChI is InChI=1S/C33H33F5O2/c1-2-3-4-19-39-28-15-8-23(9-16-28)5-6-24-10-17-29-27(20-24)14-13-26(32(29)35)12-7-25-11-18-31(30(34)21-25)40-22-33(36,37)38/h8-11,13-18,20-21H,2-7,12,19,22H2,1H3. The first-order valence-corrected chi connectivity index (χ1v) is 13.6. The number of fused-ring (bicyclic) bond motifs is 1. The van der Waals surface area contributed by atoms with E-state index in [0.717, 1.165) is 48.6 Å². The average Bonchev–Trinajstić information content (AvgIpc) is 2.93. The smallest absolute Gasteiger partial charge is 0.422 e. The van der Waals surface area contributed by atoms with E-state index in [1.807, 2.05) is 30.3 Å². The molecule has 0 saturated carbocycles. The highest BCUT2D eigenvalue weighted by Crippen LogP contribution is 2.26. The number of ether oxygens (including phenoxy) is 2. The predicted octanol–water partition coefficient (Wildman–Crippen LogP) is 9.20. The van der Waals surface area contributed by atoms with Crippen molar-refractivity contribution in [1.82, 2.24) is 0 Å². The molecule has 0 amide bonds. The van der Waals surface area contributed by atoms with Gasteiger partial charge in [-0.2, -0.15) is 13.2 Å². The molecule has 0 saturated heterocycles. The number of rotatable bonds is 13. The van der Waals surface area contributed by atoms with Gasteiger partial charge in [0.05, 0.1) is 6.61 Å². The molecule has 0 spiro atoms. The monoisotopic (exact) mass is 556 g/mol. The number of benzene rings is 4. The fourth-order valence-electron chi connectivity index (χ4n) is 4.57. The van der Waals surface area contributed by atoms with E-state index in [1.165, 1.54) is 30.5 Å². The van der Waals surface area contributed by atoms with Crippen LogP contribution in [0.15, 0.2) is 72.8 Å². The van der Waals surface area contributed by atoms with Crippen LogP contribution >= 0.6 is 0 Å². The van der Waals surface area contributed by atoms with Crippen molar-refractivity contribution in [3.63, 3.8) is 0 Å². The maximum absolute atomic E-state index is 15.3. The maximum atomic E-state index is 15.3. The highest BCUT2D eigenvalue weighted by molar-refractivity contribution is 5.84. The molecule has 212 valence electrons. The van der Waals surface area contributed by atoms with Crippen LogP contribution in [-0.2, 0) is 25.7 Å². The molecule has 0 atom stereocenters. The number of halogens is 5. The Morgan fingerprint density at radius 1 is 0.675 bits per heavy atom. The molecule has 0 aliphatic heterocycles. The predicted molar refractivity (Wildman–Crippen MR) is 148 cm³/mol. The molecule has 4 aromatic carbocycles. The van der Waals surface area contributed by atoms with Crippen LogP contribution in [0.2, 0.25) is 0 Å². The first kappa shape index (κ1) is 29.4. The fraction of sp³-hybridized carbons (Fsp3) is 0.333. The quantitative estimate of drug-likeness (QED) is 0.121. The summed E-state index contributed by atoms with van der Waals surface area (Å²) in [7, 11) is 0. The largest absolute Gasteiger partial charge is 0.494 e. The highest BCUT2D eigenvalue weighted by Gasteiger charge is 2.29. The van der Waals surface area contributed by atoms with Crippen molar-refractivity contribution in [2.75, 3.05) is 13.2 Å². The zero-order valence-electron chi connectivity index (χ0n) is 22.5. The number of hydrogen-bond acceptors (Lipinski definition) is 2. The minimum absolute atomic E-state index is 0.316. The third kappa shape index (κ3) is 8.44. The van der Waals surface area contributed by atoms with Gasteiger partial charge in [-0.1, -0.05) is 68.3 Å². The molecule has 4 rings (SSSR count). The zero-order chi connectivity index (χ0) is 28.5. The van der Waals surface area contributed by atoms with Crippen molar-refractivity contribution >= 4 is 10.8 Å². The minimum Gasteiger partial charge on any atom is -0.494 e. The second-order valence-corrected chi connectivity index (χ2v) is 9.96. The lowest BCUT2D eigenvalue weighted by Crippen LogP contribution is -2.19. The van der Waals surface area contributed by atoms with Crippen molar-refractivity contribution in [3.8, 4) is 11.5 Å². The van der Waals surface area contributed by atoms with Gasteiger partial charge in [0, 0.05) is 5.39 Å². The minimum atomic E-state index is -4.55. The van der Waals surface area contributed by atoms with Crippen LogP contribution < -0.4 is 9.47 Å². The Balaban J connectivity index is 1.33. The van der Waals surface area contributed by atoms with Gasteiger partial charge in [0.1, 0.15) is 11.6 Å². The van der Waals surface area contributed by atoms with Gasteiger partial charge in [0.2, 0.25) is 0 Å².